The van der Waals surface area contributed by atoms with E-state index in [1.54, 1.807) is 60.8 Å². The van der Waals surface area contributed by atoms with Crippen LogP contribution in [0.1, 0.15) is 131 Å². The molecule has 3 aromatic rings. The van der Waals surface area contributed by atoms with Crippen molar-refractivity contribution in [3.63, 3.8) is 0 Å². The number of rotatable bonds is 30. The van der Waals surface area contributed by atoms with E-state index >= 15 is 0 Å². The first kappa shape index (κ1) is 58.1. The average molecular weight is 1030 g/mol. The number of hydrogen-bond acceptors (Lipinski definition) is 13. The number of nitrogens with two attached hydrogens (primary N) is 2. The summed E-state index contributed by atoms with van der Waals surface area (Å²) >= 11 is 0. The van der Waals surface area contributed by atoms with Crippen LogP contribution in [-0.4, -0.2) is 106 Å². The van der Waals surface area contributed by atoms with Crippen molar-refractivity contribution in [1.82, 2.24) is 25.4 Å². The number of nitrogens with one attached hydrogen (secondary N) is 3. The molecule has 2 unspecified atom stereocenters. The number of nitrogens with zero attached hydrogens (tertiary/aromatic N) is 4. The molecule has 5 rings (SSSR count). The maximum atomic E-state index is 13.7. The van der Waals surface area contributed by atoms with Crippen molar-refractivity contribution in [3.8, 4) is 0 Å². The number of benzene rings is 2. The molecule has 0 saturated carbocycles. The lowest BCUT2D eigenvalue weighted by atomic mass is 9.88. The van der Waals surface area contributed by atoms with Crippen molar-refractivity contribution >= 4 is 76.4 Å². The molecule has 0 saturated heterocycles. The van der Waals surface area contributed by atoms with Crippen molar-refractivity contribution in [3.05, 3.63) is 106 Å². The number of hydrogen-bond donors (Lipinski definition) is 5. The van der Waals surface area contributed by atoms with Gasteiger partial charge in [0.25, 0.3) is 17.7 Å². The Balaban J connectivity index is 1.09. The summed E-state index contributed by atoms with van der Waals surface area (Å²) in [6.45, 7) is 9.47. The summed E-state index contributed by atoms with van der Waals surface area (Å²) in [6, 6.07) is 12.1. The molecule has 0 bridgehead atoms. The minimum atomic E-state index is -0.907. The second kappa shape index (κ2) is 29.2. The van der Waals surface area contributed by atoms with Crippen LogP contribution in [-0.2, 0) is 57.7 Å². The Morgan fingerprint density at radius 2 is 1.55 bits per heavy atom. The van der Waals surface area contributed by atoms with Gasteiger partial charge in [0.2, 0.25) is 11.8 Å². The van der Waals surface area contributed by atoms with Crippen molar-refractivity contribution in [2.75, 3.05) is 31.5 Å². The third-order valence-corrected chi connectivity index (χ3v) is 12.8. The number of carbonyl (C=O) groups excluding carboxylic acids is 9. The molecule has 2 aliphatic heterocycles. The average Bonchev–Trinajstić information content (AvgIpc) is 3.59. The Morgan fingerprint density at radius 3 is 2.23 bits per heavy atom. The lowest BCUT2D eigenvalue weighted by Crippen LogP contribution is -2.46. The van der Waals surface area contributed by atoms with Crippen LogP contribution in [0, 0.1) is 11.8 Å². The molecule has 2 aromatic carbocycles. The monoisotopic (exact) mass is 1030 g/mol. The Morgan fingerprint density at radius 1 is 0.840 bits per heavy atom. The summed E-state index contributed by atoms with van der Waals surface area (Å²) in [5.41, 5.74) is 16.0. The molecule has 0 fully saturated rings. The Labute approximate surface area is 438 Å². The molecular formula is C56H71N9O10. The van der Waals surface area contributed by atoms with Gasteiger partial charge in [-0.25, -0.2) is 9.79 Å². The number of imide groups is 1. The smallest absolute Gasteiger partial charge is 0.312 e. The maximum Gasteiger partial charge on any atom is 0.312 e. The number of esters is 1. The maximum absolute atomic E-state index is 13.7. The molecule has 0 radical (unpaired) electrons. The van der Waals surface area contributed by atoms with Crippen molar-refractivity contribution < 1.29 is 47.9 Å². The van der Waals surface area contributed by atoms with Crippen LogP contribution in [0.2, 0.25) is 0 Å². The minimum absolute atomic E-state index is 0.00838. The summed E-state index contributed by atoms with van der Waals surface area (Å²) in [7, 11) is 0. The summed E-state index contributed by atoms with van der Waals surface area (Å²) in [4.78, 5) is 127. The molecular weight excluding hydrogens is 959 g/mol. The lowest BCUT2D eigenvalue weighted by molar-refractivity contribution is -0.145. The number of fused-ring (bicyclic) bond motifs is 1. The molecule has 75 heavy (non-hydrogen) atoms. The number of aryl methyl sites for hydroxylation is 1. The van der Waals surface area contributed by atoms with Gasteiger partial charge in [0.1, 0.15) is 18.2 Å². The number of aliphatic imine (C=N–C) groups is 1. The van der Waals surface area contributed by atoms with Crippen LogP contribution in [0.3, 0.4) is 0 Å². The predicted octanol–water partition coefficient (Wildman–Crippen LogP) is 6.20. The van der Waals surface area contributed by atoms with Gasteiger partial charge in [-0.2, -0.15) is 0 Å². The molecule has 7 amide bonds. The fourth-order valence-electron chi connectivity index (χ4n) is 8.69. The van der Waals surface area contributed by atoms with E-state index < -0.39 is 35.8 Å². The highest BCUT2D eigenvalue weighted by atomic mass is 16.5. The van der Waals surface area contributed by atoms with Crippen molar-refractivity contribution in [2.24, 2.45) is 28.3 Å². The zero-order valence-electron chi connectivity index (χ0n) is 43.5. The van der Waals surface area contributed by atoms with Crippen LogP contribution in [0.15, 0.2) is 83.6 Å². The normalized spacial score (nSPS) is 13.7. The number of carbonyl (C=O) groups is 9. The standard InChI is InChI=1S/C56H71N9O10/c1-5-24-64(25-6-2)55(73)42-29-40-18-19-41(30-47(40)62-49(57)31-42)53(71)61-43-27-39(33-59-34-43)17-22-52(70)75-35-38-15-13-37(14-16-38)28-48(67)46(12-10-23-60-56(58)74)63-54(72)45(36(3)4)32-44(66)11-8-7-9-26-65-50(68)20-21-51(65)69/h13-16,18-21,27,29-30,33-34,36,45-46H,5-12,17,22-26,28,31-32,35H2,1-4H3,(H2,57,62)(H,61,71)(H,63,72)(H3,58,60,74). The molecule has 2 aliphatic rings. The number of amidine groups is 1. The summed E-state index contributed by atoms with van der Waals surface area (Å²) < 4.78 is 5.54. The van der Waals surface area contributed by atoms with Gasteiger partial charge in [0, 0.05) is 99.2 Å². The van der Waals surface area contributed by atoms with E-state index in [0.717, 1.165) is 17.7 Å². The fourth-order valence-corrected chi connectivity index (χ4v) is 8.69. The van der Waals surface area contributed by atoms with Gasteiger partial charge >= 0.3 is 12.0 Å². The first-order valence-corrected chi connectivity index (χ1v) is 25.8. The number of aromatic nitrogens is 1. The highest BCUT2D eigenvalue weighted by Gasteiger charge is 2.30. The quantitative estimate of drug-likeness (QED) is 0.0284. The molecule has 1 aromatic heterocycles. The fraction of sp³-hybridized carbons (Fsp3) is 0.446. The molecule has 19 heteroatoms. The number of amides is 7. The molecule has 7 N–H and O–H groups in total. The number of anilines is 1. The van der Waals surface area contributed by atoms with Crippen LogP contribution in [0.5, 0.6) is 0 Å². The van der Waals surface area contributed by atoms with Gasteiger partial charge in [-0.3, -0.25) is 48.2 Å². The third kappa shape index (κ3) is 18.6. The second-order valence-electron chi connectivity index (χ2n) is 19.2. The first-order valence-electron chi connectivity index (χ1n) is 25.8. The summed E-state index contributed by atoms with van der Waals surface area (Å²) in [6.07, 6.45) is 12.1. The Hall–Kier alpha value is -7.83. The van der Waals surface area contributed by atoms with E-state index in [4.69, 9.17) is 16.2 Å². The van der Waals surface area contributed by atoms with E-state index in [1.807, 2.05) is 32.6 Å². The van der Waals surface area contributed by atoms with E-state index in [1.165, 1.54) is 18.3 Å². The van der Waals surface area contributed by atoms with Crippen molar-refractivity contribution in [2.45, 2.75) is 124 Å². The predicted molar refractivity (Wildman–Crippen MR) is 284 cm³/mol. The summed E-state index contributed by atoms with van der Waals surface area (Å²) in [5.74, 6) is -3.04. The van der Waals surface area contributed by atoms with Gasteiger partial charge in [0.15, 0.2) is 5.78 Å². The number of primary amides is 1. The molecule has 19 nitrogen and oxygen atoms in total. The molecule has 2 atom stereocenters. The zero-order chi connectivity index (χ0) is 54.4. The van der Waals surface area contributed by atoms with Gasteiger partial charge in [-0.05, 0) is 91.8 Å². The number of urea groups is 1. The Bertz CT molecular complexity index is 2640. The van der Waals surface area contributed by atoms with Crippen LogP contribution >= 0.6 is 0 Å². The van der Waals surface area contributed by atoms with Gasteiger partial charge < -0.3 is 37.1 Å². The van der Waals surface area contributed by atoms with Crippen molar-refractivity contribution in [1.29, 1.82) is 0 Å². The molecule has 0 aliphatic carbocycles. The van der Waals surface area contributed by atoms with Crippen LogP contribution in [0.25, 0.3) is 6.08 Å². The van der Waals surface area contributed by atoms with E-state index in [-0.39, 0.29) is 99.3 Å². The number of pyridine rings is 1. The molecule has 3 heterocycles. The minimum Gasteiger partial charge on any atom is -0.461 e. The Kier molecular flexibility index (Phi) is 22.6. The highest BCUT2D eigenvalue weighted by Crippen LogP contribution is 2.29. The highest BCUT2D eigenvalue weighted by molar-refractivity contribution is 6.13. The van der Waals surface area contributed by atoms with Crippen LogP contribution < -0.4 is 27.4 Å². The first-order chi connectivity index (χ1) is 35.9. The summed E-state index contributed by atoms with van der Waals surface area (Å²) in [5, 5.41) is 8.23. The van der Waals surface area contributed by atoms with Gasteiger partial charge in [0.05, 0.1) is 23.6 Å². The zero-order valence-corrected chi connectivity index (χ0v) is 43.5. The molecule has 400 valence electrons. The van der Waals surface area contributed by atoms with E-state index in [9.17, 15) is 43.2 Å². The van der Waals surface area contributed by atoms with E-state index in [0.29, 0.717) is 90.0 Å². The lowest BCUT2D eigenvalue weighted by Gasteiger charge is -2.24. The topological polar surface area (TPSA) is 283 Å². The number of ether oxygens (including phenoxy) is 1. The number of unbranched alkanes of at least 4 members (excludes halogenated alkanes) is 2. The van der Waals surface area contributed by atoms with Crippen LogP contribution in [0.4, 0.5) is 16.2 Å². The van der Waals surface area contributed by atoms with Gasteiger partial charge in [-0.1, -0.05) is 64.4 Å². The largest absolute Gasteiger partial charge is 0.461 e. The number of ketones is 2. The van der Waals surface area contributed by atoms with Gasteiger partial charge in [-0.15, -0.1) is 0 Å². The molecule has 0 spiro atoms. The van der Waals surface area contributed by atoms with E-state index in [2.05, 4.69) is 25.9 Å². The third-order valence-electron chi connectivity index (χ3n) is 12.8. The SMILES string of the molecule is CCCN(CCC)C(=O)C1=Cc2ccc(C(=O)Nc3cncc(CCC(=O)OCc4ccc(CC(=O)C(CCCNC(N)=O)NC(=O)C(CC(=O)CCCCCN5C(=O)C=CC5=O)C(C)C)cc4)c3)cc2N=C(N)C1. The second-order valence-corrected chi connectivity index (χ2v) is 19.2. The number of Topliss-reactive ketones (excluding diaryl/α,β-unsaturated/α-hetero) is 2.